The summed E-state index contributed by atoms with van der Waals surface area (Å²) in [6.45, 7) is 1.44. The minimum absolute atomic E-state index is 0.160. The standard InChI is InChI=1S/C16H13N3O6/c1-8-12(15(20)21)13(9-4-3-5-10(6-9)19(23)24)14(16(22)25-2)11(7-17)18-8/h3-6,13,18H,1-2H3,(H,20,21). The molecule has 9 heteroatoms. The van der Waals surface area contributed by atoms with E-state index >= 15 is 0 Å². The topological polar surface area (TPSA) is 143 Å². The third kappa shape index (κ3) is 3.18. The van der Waals surface area contributed by atoms with E-state index in [0.29, 0.717) is 0 Å². The average molecular weight is 343 g/mol. The van der Waals surface area contributed by atoms with Gasteiger partial charge in [0.25, 0.3) is 5.69 Å². The number of esters is 1. The Balaban J connectivity index is 2.78. The molecule has 0 aliphatic carbocycles. The van der Waals surface area contributed by atoms with Crippen molar-refractivity contribution in [2.45, 2.75) is 12.8 Å². The van der Waals surface area contributed by atoms with Crippen molar-refractivity contribution >= 4 is 17.6 Å². The quantitative estimate of drug-likeness (QED) is 0.476. The van der Waals surface area contributed by atoms with Crippen molar-refractivity contribution in [3.63, 3.8) is 0 Å². The third-order valence-electron chi connectivity index (χ3n) is 3.73. The van der Waals surface area contributed by atoms with Crippen molar-refractivity contribution in [3.05, 3.63) is 62.5 Å². The van der Waals surface area contributed by atoms with Gasteiger partial charge in [-0.3, -0.25) is 10.1 Å². The van der Waals surface area contributed by atoms with E-state index in [4.69, 9.17) is 0 Å². The van der Waals surface area contributed by atoms with E-state index in [1.165, 1.54) is 31.2 Å². The van der Waals surface area contributed by atoms with Crippen LogP contribution in [-0.2, 0) is 14.3 Å². The molecule has 128 valence electrons. The van der Waals surface area contributed by atoms with Crippen LogP contribution in [0.25, 0.3) is 0 Å². The summed E-state index contributed by atoms with van der Waals surface area (Å²) in [6.07, 6.45) is 0. The summed E-state index contributed by atoms with van der Waals surface area (Å²) in [7, 11) is 1.10. The number of carbonyl (C=O) groups is 2. The van der Waals surface area contributed by atoms with Crippen molar-refractivity contribution < 1.29 is 24.4 Å². The molecule has 2 rings (SSSR count). The zero-order valence-corrected chi connectivity index (χ0v) is 13.3. The first-order valence-electron chi connectivity index (χ1n) is 6.99. The van der Waals surface area contributed by atoms with Gasteiger partial charge >= 0.3 is 11.9 Å². The second kappa shape index (κ2) is 6.84. The van der Waals surface area contributed by atoms with E-state index in [1.807, 2.05) is 0 Å². The Hall–Kier alpha value is -3.67. The van der Waals surface area contributed by atoms with Gasteiger partial charge in [0.1, 0.15) is 11.8 Å². The molecule has 0 saturated heterocycles. The lowest BCUT2D eigenvalue weighted by Crippen LogP contribution is -2.32. The molecule has 25 heavy (non-hydrogen) atoms. The van der Waals surface area contributed by atoms with Gasteiger partial charge in [0.15, 0.2) is 0 Å². The van der Waals surface area contributed by atoms with Gasteiger partial charge < -0.3 is 15.2 Å². The highest BCUT2D eigenvalue weighted by molar-refractivity contribution is 5.99. The fourth-order valence-electron chi connectivity index (χ4n) is 2.68. The fraction of sp³-hybridized carbons (Fsp3) is 0.188. The Labute approximate surface area is 142 Å². The summed E-state index contributed by atoms with van der Waals surface area (Å²) in [6, 6.07) is 7.05. The van der Waals surface area contributed by atoms with E-state index < -0.39 is 22.8 Å². The lowest BCUT2D eigenvalue weighted by Gasteiger charge is -2.28. The number of nitrogens with one attached hydrogen (secondary N) is 1. The van der Waals surface area contributed by atoms with Gasteiger partial charge in [-0.1, -0.05) is 12.1 Å². The van der Waals surface area contributed by atoms with E-state index in [1.54, 1.807) is 6.07 Å². The number of non-ortho nitro benzene ring substituents is 1. The molecule has 0 fully saturated rings. The maximum Gasteiger partial charge on any atom is 0.337 e. The number of rotatable bonds is 4. The van der Waals surface area contributed by atoms with Crippen molar-refractivity contribution in [1.29, 1.82) is 5.26 Å². The number of benzene rings is 1. The van der Waals surface area contributed by atoms with Crippen LogP contribution < -0.4 is 5.32 Å². The SMILES string of the molecule is COC(=O)C1=C(C#N)NC(C)=C(C(=O)O)C1c1cccc([N+](=O)[O-])c1. The highest BCUT2D eigenvalue weighted by atomic mass is 16.6. The molecule has 2 N–H and O–H groups in total. The first-order valence-corrected chi connectivity index (χ1v) is 6.99. The van der Waals surface area contributed by atoms with Crippen LogP contribution in [0.15, 0.2) is 46.8 Å². The highest BCUT2D eigenvalue weighted by Crippen LogP contribution is 2.39. The largest absolute Gasteiger partial charge is 0.478 e. The molecule has 1 aliphatic rings. The second-order valence-electron chi connectivity index (χ2n) is 5.15. The van der Waals surface area contributed by atoms with Crippen molar-refractivity contribution in [2.24, 2.45) is 0 Å². The molecular formula is C16H13N3O6. The maximum absolute atomic E-state index is 12.2. The Morgan fingerprint density at radius 2 is 2.08 bits per heavy atom. The number of dihydropyridines is 1. The van der Waals surface area contributed by atoms with Crippen molar-refractivity contribution in [1.82, 2.24) is 5.32 Å². The van der Waals surface area contributed by atoms with Gasteiger partial charge in [-0.05, 0) is 12.5 Å². The van der Waals surface area contributed by atoms with Crippen LogP contribution in [0.5, 0.6) is 0 Å². The van der Waals surface area contributed by atoms with Crippen molar-refractivity contribution in [3.8, 4) is 6.07 Å². The first kappa shape index (κ1) is 17.7. The number of nitro groups is 1. The fourth-order valence-corrected chi connectivity index (χ4v) is 2.68. The van der Waals surface area contributed by atoms with Gasteiger partial charge in [0.2, 0.25) is 0 Å². The second-order valence-corrected chi connectivity index (χ2v) is 5.15. The highest BCUT2D eigenvalue weighted by Gasteiger charge is 2.38. The molecule has 1 aliphatic heterocycles. The molecular weight excluding hydrogens is 330 g/mol. The van der Waals surface area contributed by atoms with E-state index in [9.17, 15) is 30.1 Å². The lowest BCUT2D eigenvalue weighted by atomic mass is 9.80. The lowest BCUT2D eigenvalue weighted by molar-refractivity contribution is -0.384. The van der Waals surface area contributed by atoms with Crippen LogP contribution in [0.4, 0.5) is 5.69 Å². The molecule has 1 aromatic carbocycles. The van der Waals surface area contributed by atoms with Crippen LogP contribution in [0.2, 0.25) is 0 Å². The summed E-state index contributed by atoms with van der Waals surface area (Å²) in [5, 5.41) is 32.5. The summed E-state index contributed by atoms with van der Waals surface area (Å²) in [5.74, 6) is -3.40. The number of carbonyl (C=O) groups excluding carboxylic acids is 1. The van der Waals surface area contributed by atoms with Crippen molar-refractivity contribution in [2.75, 3.05) is 7.11 Å². The summed E-state index contributed by atoms with van der Waals surface area (Å²) >= 11 is 0. The minimum Gasteiger partial charge on any atom is -0.478 e. The van der Waals surface area contributed by atoms with Gasteiger partial charge in [-0.25, -0.2) is 9.59 Å². The van der Waals surface area contributed by atoms with E-state index in [-0.39, 0.29) is 33.8 Å². The number of methoxy groups -OCH3 is 1. The summed E-state index contributed by atoms with van der Waals surface area (Å²) in [4.78, 5) is 34.3. The van der Waals surface area contributed by atoms with Crippen LogP contribution in [0, 0.1) is 21.4 Å². The Bertz CT molecular complexity index is 878. The zero-order chi connectivity index (χ0) is 18.7. The normalized spacial score (nSPS) is 16.8. The number of nitrogens with zero attached hydrogens (tertiary/aromatic N) is 2. The van der Waals surface area contributed by atoms with Crippen LogP contribution in [0.3, 0.4) is 0 Å². The summed E-state index contributed by atoms with van der Waals surface area (Å²) in [5.41, 5.74) is -0.478. The van der Waals surface area contributed by atoms with Crippen LogP contribution in [0.1, 0.15) is 18.4 Å². The molecule has 0 bridgehead atoms. The zero-order valence-electron chi connectivity index (χ0n) is 13.3. The molecule has 0 spiro atoms. The average Bonchev–Trinajstić information content (AvgIpc) is 2.59. The predicted octanol–water partition coefficient (Wildman–Crippen LogP) is 1.59. The van der Waals surface area contributed by atoms with E-state index in [0.717, 1.165) is 7.11 Å². The molecule has 1 aromatic rings. The molecule has 0 saturated carbocycles. The molecule has 0 radical (unpaired) electrons. The number of carboxylic acids is 1. The Kier molecular flexibility index (Phi) is 4.84. The number of ether oxygens (including phenoxy) is 1. The van der Waals surface area contributed by atoms with Gasteiger partial charge in [0, 0.05) is 17.8 Å². The molecule has 1 heterocycles. The predicted molar refractivity (Wildman–Crippen MR) is 84.0 cm³/mol. The number of hydrogen-bond acceptors (Lipinski definition) is 7. The van der Waals surface area contributed by atoms with Gasteiger partial charge in [0.05, 0.1) is 29.1 Å². The van der Waals surface area contributed by atoms with Crippen LogP contribution in [-0.4, -0.2) is 29.1 Å². The smallest absolute Gasteiger partial charge is 0.337 e. The number of aliphatic carboxylic acids is 1. The number of carboxylic acid groups (broad SMARTS) is 1. The molecule has 1 unspecified atom stereocenters. The van der Waals surface area contributed by atoms with Gasteiger partial charge in [-0.15, -0.1) is 0 Å². The minimum atomic E-state index is -1.32. The molecule has 0 amide bonds. The summed E-state index contributed by atoms with van der Waals surface area (Å²) < 4.78 is 4.68. The Morgan fingerprint density at radius 3 is 2.60 bits per heavy atom. The number of nitriles is 1. The third-order valence-corrected chi connectivity index (χ3v) is 3.73. The van der Waals surface area contributed by atoms with Crippen LogP contribution >= 0.6 is 0 Å². The molecule has 0 aromatic heterocycles. The molecule has 1 atom stereocenters. The Morgan fingerprint density at radius 1 is 1.40 bits per heavy atom. The monoisotopic (exact) mass is 343 g/mol. The number of allylic oxidation sites excluding steroid dienone is 2. The van der Waals surface area contributed by atoms with Gasteiger partial charge in [-0.2, -0.15) is 5.26 Å². The maximum atomic E-state index is 12.2. The number of hydrogen-bond donors (Lipinski definition) is 2. The number of nitro benzene ring substituents is 1. The first-order chi connectivity index (χ1) is 11.8. The molecule has 9 nitrogen and oxygen atoms in total. The van der Waals surface area contributed by atoms with E-state index in [2.05, 4.69) is 10.1 Å².